The zero-order valence-corrected chi connectivity index (χ0v) is 17.3. The van der Waals surface area contributed by atoms with Crippen LogP contribution in [0.4, 0.5) is 8.78 Å². The van der Waals surface area contributed by atoms with Gasteiger partial charge < -0.3 is 9.09 Å². The summed E-state index contributed by atoms with van der Waals surface area (Å²) >= 11 is 1.52. The van der Waals surface area contributed by atoms with Crippen LogP contribution in [0.3, 0.4) is 0 Å². The monoisotopic (exact) mass is 427 g/mol. The van der Waals surface area contributed by atoms with E-state index >= 15 is 0 Å². The number of thioether (sulfide) groups is 1. The number of aryl methyl sites for hydroxylation is 2. The first kappa shape index (κ1) is 20.2. The number of hydrogen-bond donors (Lipinski definition) is 0. The standard InChI is InChI=1S/C21H19F2N5OS/c1-13-9-10-14(12-17(13)23)19-24-18(29-27-19)8-5-11-30-21-26-25-20(28(21)2)15-6-3-4-7-16(15)22/h3-4,6-7,9-10,12H,5,8,11H2,1-2H3. The van der Waals surface area contributed by atoms with Crippen LogP contribution in [0, 0.1) is 18.6 Å². The van der Waals surface area contributed by atoms with E-state index in [9.17, 15) is 8.78 Å². The lowest BCUT2D eigenvalue weighted by atomic mass is 10.1. The number of rotatable bonds is 7. The molecule has 4 rings (SSSR count). The Morgan fingerprint density at radius 3 is 2.70 bits per heavy atom. The topological polar surface area (TPSA) is 69.6 Å². The van der Waals surface area contributed by atoms with E-state index in [0.29, 0.717) is 45.8 Å². The molecular formula is C21H19F2N5OS. The van der Waals surface area contributed by atoms with Crippen LogP contribution >= 0.6 is 11.8 Å². The Morgan fingerprint density at radius 1 is 1.07 bits per heavy atom. The van der Waals surface area contributed by atoms with Gasteiger partial charge in [0.15, 0.2) is 11.0 Å². The van der Waals surface area contributed by atoms with Gasteiger partial charge in [0.25, 0.3) is 0 Å². The van der Waals surface area contributed by atoms with E-state index in [1.807, 2.05) is 7.05 Å². The fourth-order valence-corrected chi connectivity index (χ4v) is 3.76. The molecule has 154 valence electrons. The summed E-state index contributed by atoms with van der Waals surface area (Å²) in [6.07, 6.45) is 1.36. The molecule has 2 heterocycles. The molecule has 0 saturated heterocycles. The molecule has 0 aliphatic rings. The smallest absolute Gasteiger partial charge is 0.226 e. The van der Waals surface area contributed by atoms with Gasteiger partial charge in [0.2, 0.25) is 11.7 Å². The number of halogens is 2. The Hall–Kier alpha value is -3.07. The van der Waals surface area contributed by atoms with Gasteiger partial charge in [-0.2, -0.15) is 4.98 Å². The highest BCUT2D eigenvalue weighted by molar-refractivity contribution is 7.99. The third-order valence-corrected chi connectivity index (χ3v) is 5.72. The summed E-state index contributed by atoms with van der Waals surface area (Å²) in [5.41, 5.74) is 1.58. The van der Waals surface area contributed by atoms with Crippen LogP contribution in [0.1, 0.15) is 17.9 Å². The van der Waals surface area contributed by atoms with Gasteiger partial charge in [0.05, 0.1) is 5.56 Å². The summed E-state index contributed by atoms with van der Waals surface area (Å²) in [4.78, 5) is 4.34. The minimum Gasteiger partial charge on any atom is -0.339 e. The van der Waals surface area contributed by atoms with Crippen LogP contribution in [-0.4, -0.2) is 30.7 Å². The van der Waals surface area contributed by atoms with Crippen LogP contribution in [0.15, 0.2) is 52.1 Å². The molecule has 0 N–H and O–H groups in total. The van der Waals surface area contributed by atoms with Crippen LogP contribution in [0.25, 0.3) is 22.8 Å². The molecule has 4 aromatic rings. The molecule has 2 aromatic carbocycles. The first-order chi connectivity index (χ1) is 14.5. The van der Waals surface area contributed by atoms with Crippen LogP contribution < -0.4 is 0 Å². The van der Waals surface area contributed by atoms with Crippen molar-refractivity contribution in [3.8, 4) is 22.8 Å². The zero-order valence-electron chi connectivity index (χ0n) is 16.5. The van der Waals surface area contributed by atoms with Crippen LogP contribution in [0.5, 0.6) is 0 Å². The van der Waals surface area contributed by atoms with E-state index in [1.54, 1.807) is 41.8 Å². The van der Waals surface area contributed by atoms with Gasteiger partial charge in [0, 0.05) is 24.8 Å². The second kappa shape index (κ2) is 8.74. The van der Waals surface area contributed by atoms with E-state index in [0.717, 1.165) is 12.2 Å². The molecule has 0 aliphatic carbocycles. The predicted octanol–water partition coefficient (Wildman–Crippen LogP) is 4.84. The van der Waals surface area contributed by atoms with E-state index < -0.39 is 0 Å². The third-order valence-electron chi connectivity index (χ3n) is 4.61. The summed E-state index contributed by atoms with van der Waals surface area (Å²) in [5.74, 6) is 1.48. The molecule has 0 atom stereocenters. The van der Waals surface area contributed by atoms with Gasteiger partial charge in [-0.25, -0.2) is 8.78 Å². The molecule has 6 nitrogen and oxygen atoms in total. The molecular weight excluding hydrogens is 408 g/mol. The third kappa shape index (κ3) is 4.25. The molecule has 0 unspecified atom stereocenters. The molecule has 0 aliphatic heterocycles. The highest BCUT2D eigenvalue weighted by atomic mass is 32.2. The Balaban J connectivity index is 1.33. The number of hydrogen-bond acceptors (Lipinski definition) is 6. The molecule has 0 fully saturated rings. The minimum absolute atomic E-state index is 0.298. The van der Waals surface area contributed by atoms with E-state index in [1.165, 1.54) is 23.9 Å². The lowest BCUT2D eigenvalue weighted by Gasteiger charge is -2.04. The van der Waals surface area contributed by atoms with Gasteiger partial charge in [0.1, 0.15) is 11.6 Å². The van der Waals surface area contributed by atoms with Gasteiger partial charge >= 0.3 is 0 Å². The van der Waals surface area contributed by atoms with Crippen molar-refractivity contribution >= 4 is 11.8 Å². The average Bonchev–Trinajstić information content (AvgIpc) is 3.35. The van der Waals surface area contributed by atoms with Crippen molar-refractivity contribution < 1.29 is 13.3 Å². The molecule has 9 heteroatoms. The maximum atomic E-state index is 14.0. The summed E-state index contributed by atoms with van der Waals surface area (Å²) < 4.78 is 34.8. The Kier molecular flexibility index (Phi) is 5.89. The van der Waals surface area contributed by atoms with Gasteiger partial charge in [-0.1, -0.05) is 41.2 Å². The lowest BCUT2D eigenvalue weighted by molar-refractivity contribution is 0.378. The molecule has 0 saturated carbocycles. The molecule has 0 spiro atoms. The second-order valence-corrected chi connectivity index (χ2v) is 7.83. The zero-order chi connectivity index (χ0) is 21.1. The van der Waals surface area contributed by atoms with Crippen molar-refractivity contribution in [2.75, 3.05) is 5.75 Å². The summed E-state index contributed by atoms with van der Waals surface area (Å²) in [5, 5.41) is 12.9. The summed E-state index contributed by atoms with van der Waals surface area (Å²) in [6, 6.07) is 11.4. The molecule has 0 radical (unpaired) electrons. The van der Waals surface area contributed by atoms with Gasteiger partial charge in [-0.15, -0.1) is 10.2 Å². The van der Waals surface area contributed by atoms with Crippen LogP contribution in [-0.2, 0) is 13.5 Å². The fourth-order valence-electron chi connectivity index (χ4n) is 2.91. The molecule has 0 bridgehead atoms. The fraction of sp³-hybridized carbons (Fsp3) is 0.238. The molecule has 30 heavy (non-hydrogen) atoms. The molecule has 0 amide bonds. The Labute approximate surface area is 176 Å². The van der Waals surface area contributed by atoms with Crippen molar-refractivity contribution in [1.82, 2.24) is 24.9 Å². The van der Waals surface area contributed by atoms with Crippen molar-refractivity contribution in [3.63, 3.8) is 0 Å². The van der Waals surface area contributed by atoms with Gasteiger partial charge in [-0.05, 0) is 37.1 Å². The maximum Gasteiger partial charge on any atom is 0.226 e. The number of aromatic nitrogens is 5. The predicted molar refractivity (Wildman–Crippen MR) is 110 cm³/mol. The Bertz CT molecular complexity index is 1170. The largest absolute Gasteiger partial charge is 0.339 e. The van der Waals surface area contributed by atoms with Gasteiger partial charge in [-0.3, -0.25) is 0 Å². The lowest BCUT2D eigenvalue weighted by Crippen LogP contribution is -1.97. The highest BCUT2D eigenvalue weighted by Gasteiger charge is 2.15. The first-order valence-corrected chi connectivity index (χ1v) is 10.4. The van der Waals surface area contributed by atoms with Crippen molar-refractivity contribution in [1.29, 1.82) is 0 Å². The van der Waals surface area contributed by atoms with Crippen molar-refractivity contribution in [2.45, 2.75) is 24.9 Å². The SMILES string of the molecule is Cc1ccc(-c2noc(CCCSc3nnc(-c4ccccc4F)n3C)n2)cc1F. The number of benzene rings is 2. The number of nitrogens with zero attached hydrogens (tertiary/aromatic N) is 5. The van der Waals surface area contributed by atoms with E-state index in [2.05, 4.69) is 20.3 Å². The van der Waals surface area contributed by atoms with Crippen molar-refractivity contribution in [3.05, 3.63) is 65.6 Å². The summed E-state index contributed by atoms with van der Waals surface area (Å²) in [7, 11) is 1.81. The summed E-state index contributed by atoms with van der Waals surface area (Å²) in [6.45, 7) is 1.70. The van der Waals surface area contributed by atoms with E-state index in [-0.39, 0.29) is 11.6 Å². The minimum atomic E-state index is -0.329. The average molecular weight is 427 g/mol. The first-order valence-electron chi connectivity index (χ1n) is 9.39. The molecule has 2 aromatic heterocycles. The maximum absolute atomic E-state index is 14.0. The van der Waals surface area contributed by atoms with Crippen molar-refractivity contribution in [2.24, 2.45) is 7.05 Å². The van der Waals surface area contributed by atoms with E-state index in [4.69, 9.17) is 4.52 Å². The second-order valence-electron chi connectivity index (χ2n) is 6.77. The Morgan fingerprint density at radius 2 is 1.90 bits per heavy atom. The van der Waals surface area contributed by atoms with Crippen LogP contribution in [0.2, 0.25) is 0 Å². The normalized spacial score (nSPS) is 11.2. The highest BCUT2D eigenvalue weighted by Crippen LogP contribution is 2.25. The quantitative estimate of drug-likeness (QED) is 0.310.